The SMILES string of the molecule is Cc1ccc(NC(=O)c2ccc(F)c3ccccc23)cc1-c1nc(NC(CO)CO)nc2c1ccc(=O)n2-c1c(F)cccc1F.O=C(O)C(F)(F)F. The molecule has 2 heterocycles. The van der Waals surface area contributed by atoms with Gasteiger partial charge in [-0.3, -0.25) is 14.2 Å². The lowest BCUT2D eigenvalue weighted by atomic mass is 10.0. The Bertz CT molecular complexity index is 2400. The Hall–Kier alpha value is -6.33. The van der Waals surface area contributed by atoms with Crippen LogP contribution in [0.15, 0.2) is 89.7 Å². The molecular weight excluding hydrogens is 712 g/mol. The molecule has 17 heteroatoms. The number of amides is 1. The van der Waals surface area contributed by atoms with Gasteiger partial charge in [0.1, 0.15) is 23.1 Å². The molecule has 2 aromatic heterocycles. The molecule has 0 atom stereocenters. The molecule has 1 amide bonds. The highest BCUT2D eigenvalue weighted by Crippen LogP contribution is 2.33. The van der Waals surface area contributed by atoms with E-state index in [1.807, 2.05) is 0 Å². The van der Waals surface area contributed by atoms with Crippen LogP contribution in [-0.2, 0) is 4.79 Å². The number of pyridine rings is 1. The van der Waals surface area contributed by atoms with Crippen LogP contribution < -0.4 is 16.2 Å². The summed E-state index contributed by atoms with van der Waals surface area (Å²) in [5.41, 5.74) is 0.452. The van der Waals surface area contributed by atoms with Crippen LogP contribution in [0.3, 0.4) is 0 Å². The summed E-state index contributed by atoms with van der Waals surface area (Å²) in [6.07, 6.45) is -5.08. The average molecular weight is 740 g/mol. The smallest absolute Gasteiger partial charge is 0.475 e. The summed E-state index contributed by atoms with van der Waals surface area (Å²) < 4.78 is 76.9. The quantitative estimate of drug-likeness (QED) is 0.118. The van der Waals surface area contributed by atoms with Crippen LogP contribution in [0.5, 0.6) is 0 Å². The zero-order valence-electron chi connectivity index (χ0n) is 27.3. The van der Waals surface area contributed by atoms with Crippen molar-refractivity contribution in [1.29, 1.82) is 0 Å². The van der Waals surface area contributed by atoms with Crippen molar-refractivity contribution in [2.75, 3.05) is 23.8 Å². The number of aliphatic carboxylic acids is 1. The number of anilines is 2. The maximum atomic E-state index is 15.0. The van der Waals surface area contributed by atoms with Crippen LogP contribution in [0.4, 0.5) is 38.0 Å². The molecule has 0 aliphatic heterocycles. The Morgan fingerprint density at radius 3 is 2.08 bits per heavy atom. The summed E-state index contributed by atoms with van der Waals surface area (Å²) >= 11 is 0. The van der Waals surface area contributed by atoms with Gasteiger partial charge in [0, 0.05) is 33.7 Å². The van der Waals surface area contributed by atoms with Crippen molar-refractivity contribution < 1.29 is 51.3 Å². The second-order valence-electron chi connectivity index (χ2n) is 11.3. The van der Waals surface area contributed by atoms with E-state index >= 15 is 0 Å². The topological polar surface area (TPSA) is 167 Å². The van der Waals surface area contributed by atoms with Crippen LogP contribution in [0.25, 0.3) is 38.8 Å². The van der Waals surface area contributed by atoms with E-state index in [4.69, 9.17) is 9.90 Å². The van der Waals surface area contributed by atoms with E-state index in [-0.39, 0.29) is 28.2 Å². The number of rotatable bonds is 8. The van der Waals surface area contributed by atoms with E-state index in [2.05, 4.69) is 20.6 Å². The van der Waals surface area contributed by atoms with E-state index in [0.29, 0.717) is 27.6 Å². The number of benzene rings is 4. The number of aliphatic hydroxyl groups is 2. The van der Waals surface area contributed by atoms with Crippen LogP contribution in [0.2, 0.25) is 0 Å². The Labute approximate surface area is 294 Å². The fraction of sp³-hybridized carbons (Fsp3) is 0.139. The van der Waals surface area contributed by atoms with Gasteiger partial charge in [-0.25, -0.2) is 22.9 Å². The molecule has 0 spiro atoms. The summed E-state index contributed by atoms with van der Waals surface area (Å²) in [6, 6.07) is 19.2. The maximum Gasteiger partial charge on any atom is 0.490 e. The van der Waals surface area contributed by atoms with Gasteiger partial charge in [-0.2, -0.15) is 18.2 Å². The van der Waals surface area contributed by atoms with Crippen molar-refractivity contribution in [3.63, 3.8) is 0 Å². The highest BCUT2D eigenvalue weighted by molar-refractivity contribution is 6.13. The average Bonchev–Trinajstić information content (AvgIpc) is 3.12. The summed E-state index contributed by atoms with van der Waals surface area (Å²) in [4.78, 5) is 44.4. The van der Waals surface area contributed by atoms with E-state index in [0.717, 1.165) is 22.8 Å². The minimum absolute atomic E-state index is 0.140. The van der Waals surface area contributed by atoms with Crippen LogP contribution >= 0.6 is 0 Å². The molecule has 6 aromatic rings. The highest BCUT2D eigenvalue weighted by atomic mass is 19.4. The number of para-hydroxylation sites is 1. The number of hydrogen-bond acceptors (Lipinski definition) is 8. The number of carboxylic acid groups (broad SMARTS) is 1. The van der Waals surface area contributed by atoms with E-state index < -0.39 is 66.0 Å². The number of aliphatic hydroxyl groups excluding tert-OH is 2. The lowest BCUT2D eigenvalue weighted by molar-refractivity contribution is -0.192. The van der Waals surface area contributed by atoms with Crippen LogP contribution in [0, 0.1) is 24.4 Å². The van der Waals surface area contributed by atoms with E-state index in [1.165, 1.54) is 24.3 Å². The van der Waals surface area contributed by atoms with Crippen molar-refractivity contribution in [1.82, 2.24) is 14.5 Å². The Balaban J connectivity index is 0.000000705. The molecule has 0 aliphatic rings. The zero-order chi connectivity index (χ0) is 38.6. The van der Waals surface area contributed by atoms with Gasteiger partial charge in [0.15, 0.2) is 5.65 Å². The fourth-order valence-corrected chi connectivity index (χ4v) is 5.25. The van der Waals surface area contributed by atoms with Crippen LogP contribution in [-0.4, -0.2) is 67.2 Å². The van der Waals surface area contributed by atoms with Gasteiger partial charge in [-0.05, 0) is 60.3 Å². The summed E-state index contributed by atoms with van der Waals surface area (Å²) in [5, 5.41) is 33.1. The van der Waals surface area contributed by atoms with Crippen molar-refractivity contribution >= 4 is 45.3 Å². The number of aryl methyl sites for hydroxylation is 1. The number of fused-ring (bicyclic) bond motifs is 2. The largest absolute Gasteiger partial charge is 0.490 e. The normalized spacial score (nSPS) is 11.4. The molecular formula is C36H27F6N5O6. The third-order valence-corrected chi connectivity index (χ3v) is 7.79. The molecule has 11 nitrogen and oxygen atoms in total. The van der Waals surface area contributed by atoms with Gasteiger partial charge in [-0.15, -0.1) is 0 Å². The number of alkyl halides is 3. The monoisotopic (exact) mass is 739 g/mol. The van der Waals surface area contributed by atoms with Crippen molar-refractivity contribution in [3.05, 3.63) is 124 Å². The first kappa shape index (κ1) is 37.9. The Kier molecular flexibility index (Phi) is 11.1. The number of aromatic nitrogens is 3. The minimum atomic E-state index is -5.08. The number of hydrogen-bond donors (Lipinski definition) is 5. The molecule has 0 unspecified atom stereocenters. The summed E-state index contributed by atoms with van der Waals surface area (Å²) in [6.45, 7) is 0.803. The van der Waals surface area contributed by atoms with Gasteiger partial charge in [0.25, 0.3) is 11.5 Å². The third kappa shape index (κ3) is 8.10. The molecule has 5 N–H and O–H groups in total. The lowest BCUT2D eigenvalue weighted by Crippen LogP contribution is -2.29. The van der Waals surface area contributed by atoms with Gasteiger partial charge in [-0.1, -0.05) is 36.4 Å². The Morgan fingerprint density at radius 1 is 0.811 bits per heavy atom. The number of nitrogens with one attached hydrogen (secondary N) is 2. The van der Waals surface area contributed by atoms with Gasteiger partial charge in [0.05, 0.1) is 24.9 Å². The number of carboxylic acids is 1. The standard InChI is InChI=1S/C34H26F3N5O4.C2HF3O2/c1-18-9-10-19(38-33(46)23-11-13-26(35)22-6-3-2-5-21(22)23)15-25(18)30-24-12-14-29(45)42(31-27(36)7-4-8-28(31)37)32(24)41-34(40-30)39-20(16-43)17-44;3-2(4,5)1(6)7/h2-15,20,43-44H,16-17H2,1H3,(H,38,46)(H,39,40,41);(H,6,7). The molecule has 0 radical (unpaired) electrons. The lowest BCUT2D eigenvalue weighted by Gasteiger charge is -2.18. The van der Waals surface area contributed by atoms with Gasteiger partial charge in [0.2, 0.25) is 5.95 Å². The predicted octanol–water partition coefficient (Wildman–Crippen LogP) is 5.98. The van der Waals surface area contributed by atoms with E-state index in [1.54, 1.807) is 49.4 Å². The number of nitrogens with zero attached hydrogens (tertiary/aromatic N) is 3. The molecule has 4 aromatic carbocycles. The molecule has 0 bridgehead atoms. The summed E-state index contributed by atoms with van der Waals surface area (Å²) in [5.74, 6) is -5.84. The molecule has 0 saturated heterocycles. The van der Waals surface area contributed by atoms with E-state index in [9.17, 15) is 46.1 Å². The first-order valence-electron chi connectivity index (χ1n) is 15.4. The molecule has 0 saturated carbocycles. The maximum absolute atomic E-state index is 15.0. The predicted molar refractivity (Wildman–Crippen MR) is 182 cm³/mol. The van der Waals surface area contributed by atoms with Crippen molar-refractivity contribution in [2.24, 2.45) is 0 Å². The van der Waals surface area contributed by atoms with Crippen molar-refractivity contribution in [3.8, 4) is 16.9 Å². The fourth-order valence-electron chi connectivity index (χ4n) is 5.25. The molecule has 0 aliphatic carbocycles. The van der Waals surface area contributed by atoms with Gasteiger partial charge < -0.3 is 26.0 Å². The molecule has 0 fully saturated rings. The first-order chi connectivity index (χ1) is 25.1. The number of halogens is 6. The molecule has 53 heavy (non-hydrogen) atoms. The minimum Gasteiger partial charge on any atom is -0.475 e. The van der Waals surface area contributed by atoms with Gasteiger partial charge >= 0.3 is 12.1 Å². The highest BCUT2D eigenvalue weighted by Gasteiger charge is 2.38. The first-order valence-corrected chi connectivity index (χ1v) is 15.4. The second-order valence-corrected chi connectivity index (χ2v) is 11.3. The second kappa shape index (κ2) is 15.5. The summed E-state index contributed by atoms with van der Waals surface area (Å²) in [7, 11) is 0. The van der Waals surface area contributed by atoms with Crippen molar-refractivity contribution in [2.45, 2.75) is 19.1 Å². The van der Waals surface area contributed by atoms with Crippen LogP contribution in [0.1, 0.15) is 15.9 Å². The Morgan fingerprint density at radius 2 is 1.45 bits per heavy atom. The number of carbonyl (C=O) groups is 2. The zero-order valence-corrected chi connectivity index (χ0v) is 27.3. The third-order valence-electron chi connectivity index (χ3n) is 7.79. The molecule has 274 valence electrons. The molecule has 6 rings (SSSR count). The number of carbonyl (C=O) groups excluding carboxylic acids is 1.